The van der Waals surface area contributed by atoms with Crippen LogP contribution < -0.4 is 38.9 Å². The summed E-state index contributed by atoms with van der Waals surface area (Å²) in [4.78, 5) is 13.0. The highest BCUT2D eigenvalue weighted by molar-refractivity contribution is 5.89. The van der Waals surface area contributed by atoms with E-state index in [2.05, 4.69) is 16.0 Å². The van der Waals surface area contributed by atoms with E-state index in [1.165, 1.54) is 0 Å². The highest BCUT2D eigenvalue weighted by Gasteiger charge is 2.60. The molecule has 0 radical (unpaired) electrons. The van der Waals surface area contributed by atoms with E-state index in [0.29, 0.717) is 13.1 Å². The predicted molar refractivity (Wildman–Crippen MR) is 145 cm³/mol. The first kappa shape index (κ1) is 33.2. The minimum absolute atomic E-state index is 0.0200. The van der Waals surface area contributed by atoms with Gasteiger partial charge in [0.15, 0.2) is 11.9 Å². The molecule has 0 aromatic heterocycles. The van der Waals surface area contributed by atoms with Crippen LogP contribution in [0.4, 0.5) is 0 Å². The van der Waals surface area contributed by atoms with Gasteiger partial charge < -0.3 is 88.8 Å². The van der Waals surface area contributed by atoms with Crippen molar-refractivity contribution in [3.63, 3.8) is 0 Å². The number of carbonyl (C=O) groups excluding carboxylic acids is 1. The van der Waals surface area contributed by atoms with Crippen molar-refractivity contribution in [1.82, 2.24) is 16.0 Å². The van der Waals surface area contributed by atoms with Gasteiger partial charge in [0.2, 0.25) is 0 Å². The van der Waals surface area contributed by atoms with Gasteiger partial charge >= 0.3 is 0 Å². The monoisotopic (exact) mass is 621 g/mol. The van der Waals surface area contributed by atoms with Gasteiger partial charge in [0.25, 0.3) is 5.91 Å². The molecule has 3 aliphatic heterocycles. The number of nitrogens with one attached hydrogen (secondary N) is 3. The summed E-state index contributed by atoms with van der Waals surface area (Å²) >= 11 is 0. The number of hydrogen-bond donors (Lipinski definition) is 14. The van der Waals surface area contributed by atoms with E-state index in [4.69, 9.17) is 37.1 Å². The van der Waals surface area contributed by atoms with Crippen LogP contribution in [0.15, 0.2) is 0 Å². The molecule has 5 aliphatic rings. The third kappa shape index (κ3) is 6.18. The van der Waals surface area contributed by atoms with E-state index >= 15 is 0 Å². The maximum absolute atomic E-state index is 13.0. The van der Waals surface area contributed by atoms with Crippen LogP contribution in [0.2, 0.25) is 0 Å². The second-order valence-corrected chi connectivity index (χ2v) is 12.6. The topological polar surface area (TPSA) is 327 Å². The van der Waals surface area contributed by atoms with Gasteiger partial charge in [-0.3, -0.25) is 4.79 Å². The predicted octanol–water partition coefficient (Wildman–Crippen LogP) is -8.83. The fraction of sp³-hybridized carbons (Fsp3) is 0.960. The first-order valence-electron chi connectivity index (χ1n) is 14.8. The second kappa shape index (κ2) is 12.9. The van der Waals surface area contributed by atoms with Crippen LogP contribution in [0.3, 0.4) is 0 Å². The Morgan fingerprint density at radius 1 is 0.977 bits per heavy atom. The van der Waals surface area contributed by atoms with Crippen LogP contribution in [0, 0.1) is 5.92 Å². The lowest BCUT2D eigenvalue weighted by Gasteiger charge is -2.53. The zero-order chi connectivity index (χ0) is 31.4. The summed E-state index contributed by atoms with van der Waals surface area (Å²) in [7, 11) is 0. The Kier molecular flexibility index (Phi) is 9.97. The Labute approximate surface area is 248 Å². The molecule has 18 heteroatoms. The summed E-state index contributed by atoms with van der Waals surface area (Å²) in [6.45, 7) is 0.428. The van der Waals surface area contributed by atoms with Gasteiger partial charge in [-0.25, -0.2) is 0 Å². The van der Waals surface area contributed by atoms with Crippen molar-refractivity contribution in [3.8, 4) is 0 Å². The number of aliphatic hydroxyl groups excluding tert-OH is 6. The van der Waals surface area contributed by atoms with Crippen molar-refractivity contribution in [3.05, 3.63) is 0 Å². The number of ether oxygens (including phenoxy) is 3. The summed E-state index contributed by atoms with van der Waals surface area (Å²) in [6, 6.07) is -4.90. The molecule has 18 nitrogen and oxygen atoms in total. The van der Waals surface area contributed by atoms with E-state index in [1.54, 1.807) is 0 Å². The Morgan fingerprint density at radius 2 is 1.65 bits per heavy atom. The van der Waals surface area contributed by atoms with E-state index in [-0.39, 0.29) is 25.4 Å². The van der Waals surface area contributed by atoms with Crippen molar-refractivity contribution in [2.45, 2.75) is 116 Å². The van der Waals surface area contributed by atoms with Crippen LogP contribution in [-0.2, 0) is 19.0 Å². The molecular formula is C25H47N7O11. The maximum Gasteiger partial charge on any atom is 0.253 e. The van der Waals surface area contributed by atoms with E-state index in [0.717, 1.165) is 0 Å². The SMILES string of the molecule is NC[C@H]1O[C@H](C2[C@@H](N)C[C@@H](NC(=O)C3(O)CC3N)[C@H](O[C@H]3O[C@H](CO)[C@@H](O)[C@H](N)[C@H]3O)[C@H]2O)[C@H](NC2CNC2)[C@@H](O)[C@@H]1O. The minimum Gasteiger partial charge on any atom is -0.394 e. The molecule has 18 N–H and O–H groups in total. The Bertz CT molecular complexity index is 984. The quantitative estimate of drug-likeness (QED) is 0.114. The van der Waals surface area contributed by atoms with Gasteiger partial charge in [0.05, 0.1) is 43.0 Å². The first-order valence-corrected chi connectivity index (χ1v) is 14.8. The molecule has 3 heterocycles. The van der Waals surface area contributed by atoms with Crippen molar-refractivity contribution in [1.29, 1.82) is 0 Å². The molecule has 3 saturated heterocycles. The maximum atomic E-state index is 13.0. The van der Waals surface area contributed by atoms with Crippen LogP contribution in [-0.4, -0.2) is 171 Å². The van der Waals surface area contributed by atoms with E-state index in [9.17, 15) is 40.5 Å². The van der Waals surface area contributed by atoms with Crippen LogP contribution in [0.5, 0.6) is 0 Å². The van der Waals surface area contributed by atoms with Gasteiger partial charge in [-0.1, -0.05) is 0 Å². The summed E-state index contributed by atoms with van der Waals surface area (Å²) in [5.41, 5.74) is 22.3. The molecular weight excluding hydrogens is 574 g/mol. The molecule has 43 heavy (non-hydrogen) atoms. The summed E-state index contributed by atoms with van der Waals surface area (Å²) in [6.07, 6.45) is -13.3. The molecule has 0 spiro atoms. The lowest BCUT2D eigenvalue weighted by molar-refractivity contribution is -0.308. The average Bonchev–Trinajstić information content (AvgIpc) is 3.58. The van der Waals surface area contributed by atoms with Gasteiger partial charge in [-0.2, -0.15) is 0 Å². The average molecular weight is 622 g/mol. The molecule has 1 amide bonds. The highest BCUT2D eigenvalue weighted by Crippen LogP contribution is 2.39. The molecule has 0 bridgehead atoms. The standard InChI is InChI=1S/C25H47N7O11/c26-3-10-17(35)20(38)15(31-7-4-30-5-7)22(41-10)13-8(27)1-9(32-24(39)25(40)2-12(25)28)21(18(13)36)43-23-19(37)14(29)16(34)11(6-33)42-23/h7-23,30-31,33-38,40H,1-6,26-29H2,(H,32,39)/t8-,9+,10+,11+,12?,13?,14-,15+,16+,17+,18-,19+,20+,21-,22+,23+,25?/m0/s1. The first-order chi connectivity index (χ1) is 20.3. The van der Waals surface area contributed by atoms with Gasteiger partial charge in [0, 0.05) is 50.1 Å². The lowest BCUT2D eigenvalue weighted by atomic mass is 9.71. The largest absolute Gasteiger partial charge is 0.394 e. The minimum atomic E-state index is -1.81. The van der Waals surface area contributed by atoms with Crippen LogP contribution in [0.25, 0.3) is 0 Å². The fourth-order valence-corrected chi connectivity index (χ4v) is 6.65. The third-order valence-electron chi connectivity index (χ3n) is 9.68. The normalized spacial score (nSPS) is 52.3. The summed E-state index contributed by atoms with van der Waals surface area (Å²) < 4.78 is 17.8. The molecule has 2 saturated carbocycles. The van der Waals surface area contributed by atoms with Crippen molar-refractivity contribution in [2.75, 3.05) is 26.2 Å². The highest BCUT2D eigenvalue weighted by atomic mass is 16.7. The van der Waals surface area contributed by atoms with Crippen molar-refractivity contribution >= 4 is 5.91 Å². The Balaban J connectivity index is 1.44. The second-order valence-electron chi connectivity index (χ2n) is 12.6. The zero-order valence-corrected chi connectivity index (χ0v) is 23.6. The molecule has 17 atom stereocenters. The molecule has 3 unspecified atom stereocenters. The molecule has 5 fully saturated rings. The third-order valence-corrected chi connectivity index (χ3v) is 9.68. The molecule has 0 aromatic rings. The van der Waals surface area contributed by atoms with Gasteiger partial charge in [-0.15, -0.1) is 0 Å². The molecule has 2 aliphatic carbocycles. The van der Waals surface area contributed by atoms with Crippen molar-refractivity contribution < 1.29 is 54.8 Å². The zero-order valence-electron chi connectivity index (χ0n) is 23.6. The number of rotatable bonds is 9. The number of aliphatic hydroxyl groups is 7. The Morgan fingerprint density at radius 3 is 2.21 bits per heavy atom. The number of nitrogens with two attached hydrogens (primary N) is 4. The number of hydrogen-bond acceptors (Lipinski definition) is 17. The van der Waals surface area contributed by atoms with Crippen LogP contribution in [0.1, 0.15) is 12.8 Å². The van der Waals surface area contributed by atoms with Crippen LogP contribution >= 0.6 is 0 Å². The smallest absolute Gasteiger partial charge is 0.253 e. The van der Waals surface area contributed by atoms with Gasteiger partial charge in [-0.05, 0) is 6.42 Å². The molecule has 0 aromatic carbocycles. The Hall–Kier alpha value is -1.17. The van der Waals surface area contributed by atoms with E-state index in [1.807, 2.05) is 0 Å². The summed E-state index contributed by atoms with van der Waals surface area (Å²) in [5.74, 6) is -1.77. The number of carbonyl (C=O) groups is 1. The molecule has 248 valence electrons. The van der Waals surface area contributed by atoms with E-state index < -0.39 is 115 Å². The fourth-order valence-electron chi connectivity index (χ4n) is 6.65. The van der Waals surface area contributed by atoms with Gasteiger partial charge in [0.1, 0.15) is 36.6 Å². The molecule has 5 rings (SSSR count). The lowest BCUT2D eigenvalue weighted by Crippen LogP contribution is -2.74. The number of amides is 1. The van der Waals surface area contributed by atoms with Crippen molar-refractivity contribution in [2.24, 2.45) is 28.9 Å². The summed E-state index contributed by atoms with van der Waals surface area (Å²) in [5, 5.41) is 84.0.